The molecule has 0 heteroatoms. The quantitative estimate of drug-likeness (QED) is 0.268. The molecule has 0 fully saturated rings. The number of hydrogen-bond acceptors (Lipinski definition) is 0. The smallest absolute Gasteiger partial charge is 0.0178 e. The normalized spacial score (nSPS) is 12.5. The summed E-state index contributed by atoms with van der Waals surface area (Å²) in [4.78, 5) is 0. The Labute approximate surface area is 191 Å². The molecule has 0 heterocycles. The fraction of sp³-hybridized carbons (Fsp3) is 0. The lowest BCUT2D eigenvalue weighted by atomic mass is 9.97. The summed E-state index contributed by atoms with van der Waals surface area (Å²) in [5, 5.41) is 0. The summed E-state index contributed by atoms with van der Waals surface area (Å²) >= 11 is 0. The lowest BCUT2D eigenvalue weighted by Gasteiger charge is -2.07. The van der Waals surface area contributed by atoms with Gasteiger partial charge in [0.2, 0.25) is 0 Å². The minimum Gasteiger partial charge on any atom is -0.0622 e. The summed E-state index contributed by atoms with van der Waals surface area (Å²) in [5.41, 5.74) is 7.00. The largest absolute Gasteiger partial charge is 0.0622 e. The molecule has 4 rings (SSSR count). The zero-order chi connectivity index (χ0) is 21.8. The molecule has 0 atom stereocenters. The van der Waals surface area contributed by atoms with Gasteiger partial charge in [0.05, 0.1) is 0 Å². The van der Waals surface area contributed by atoms with Crippen molar-refractivity contribution >= 4 is 24.3 Å². The highest BCUT2D eigenvalue weighted by molar-refractivity contribution is 5.76. The topological polar surface area (TPSA) is 0 Å². The molecule has 0 radical (unpaired) electrons. The summed E-state index contributed by atoms with van der Waals surface area (Å²) in [7, 11) is 0. The molecule has 0 saturated heterocycles. The summed E-state index contributed by atoms with van der Waals surface area (Å²) in [5.74, 6) is 0. The van der Waals surface area contributed by atoms with E-state index in [0.717, 1.165) is 11.1 Å². The van der Waals surface area contributed by atoms with Gasteiger partial charge in [0.25, 0.3) is 0 Å². The molecule has 0 amide bonds. The molecule has 0 aliphatic carbocycles. The van der Waals surface area contributed by atoms with Crippen molar-refractivity contribution in [3.63, 3.8) is 0 Å². The number of allylic oxidation sites excluding steroid dienone is 4. The standard InChI is InChI=1S/C32H26/c1-5-13-27(14-6-1)21-23-31(25-29-17-9-3-10-18-29)32(26-30-19-11-4-12-20-30)24-22-28-15-7-2-8-16-28/h1-26H. The zero-order valence-electron chi connectivity index (χ0n) is 18.0. The van der Waals surface area contributed by atoms with E-state index in [1.54, 1.807) is 0 Å². The van der Waals surface area contributed by atoms with Gasteiger partial charge >= 0.3 is 0 Å². The van der Waals surface area contributed by atoms with Gasteiger partial charge in [0.1, 0.15) is 0 Å². The van der Waals surface area contributed by atoms with Crippen molar-refractivity contribution in [2.45, 2.75) is 0 Å². The van der Waals surface area contributed by atoms with Crippen LogP contribution in [-0.4, -0.2) is 0 Å². The maximum Gasteiger partial charge on any atom is -0.0178 e. The molecule has 32 heavy (non-hydrogen) atoms. The zero-order valence-corrected chi connectivity index (χ0v) is 18.0. The van der Waals surface area contributed by atoms with Crippen molar-refractivity contribution < 1.29 is 0 Å². The Morgan fingerprint density at radius 1 is 0.344 bits per heavy atom. The first kappa shape index (κ1) is 21.1. The van der Waals surface area contributed by atoms with Crippen LogP contribution in [0.15, 0.2) is 145 Å². The van der Waals surface area contributed by atoms with Crippen LogP contribution in [0.5, 0.6) is 0 Å². The first-order valence-corrected chi connectivity index (χ1v) is 10.9. The van der Waals surface area contributed by atoms with E-state index in [4.69, 9.17) is 0 Å². The van der Waals surface area contributed by atoms with Crippen LogP contribution in [0, 0.1) is 0 Å². The fourth-order valence-corrected chi connectivity index (χ4v) is 3.41. The van der Waals surface area contributed by atoms with Crippen molar-refractivity contribution in [3.05, 3.63) is 167 Å². The van der Waals surface area contributed by atoms with E-state index in [1.165, 1.54) is 22.3 Å². The van der Waals surface area contributed by atoms with E-state index in [2.05, 4.69) is 134 Å². The van der Waals surface area contributed by atoms with Crippen molar-refractivity contribution in [2.24, 2.45) is 0 Å². The molecule has 0 bridgehead atoms. The molecule has 4 aromatic carbocycles. The minimum absolute atomic E-state index is 1.15. The predicted octanol–water partition coefficient (Wildman–Crippen LogP) is 8.58. The second-order valence-corrected chi connectivity index (χ2v) is 7.51. The van der Waals surface area contributed by atoms with E-state index in [-0.39, 0.29) is 0 Å². The van der Waals surface area contributed by atoms with Gasteiger partial charge in [-0.3, -0.25) is 0 Å². The van der Waals surface area contributed by atoms with Crippen molar-refractivity contribution in [1.29, 1.82) is 0 Å². The average Bonchev–Trinajstić information content (AvgIpc) is 2.87. The molecule has 0 N–H and O–H groups in total. The lowest BCUT2D eigenvalue weighted by Crippen LogP contribution is -1.86. The second kappa shape index (κ2) is 11.3. The van der Waals surface area contributed by atoms with E-state index in [1.807, 2.05) is 24.3 Å². The Balaban J connectivity index is 1.79. The molecule has 0 aliphatic heterocycles. The van der Waals surface area contributed by atoms with Crippen LogP contribution < -0.4 is 0 Å². The molecule has 0 spiro atoms. The third-order valence-corrected chi connectivity index (χ3v) is 5.09. The van der Waals surface area contributed by atoms with Gasteiger partial charge in [-0.1, -0.05) is 146 Å². The van der Waals surface area contributed by atoms with Crippen molar-refractivity contribution in [2.75, 3.05) is 0 Å². The summed E-state index contributed by atoms with van der Waals surface area (Å²) < 4.78 is 0. The fourth-order valence-electron chi connectivity index (χ4n) is 3.41. The maximum absolute atomic E-state index is 2.24. The summed E-state index contributed by atoms with van der Waals surface area (Å²) in [6.45, 7) is 0. The monoisotopic (exact) mass is 410 g/mol. The van der Waals surface area contributed by atoms with Gasteiger partial charge in [-0.25, -0.2) is 0 Å². The molecule has 0 nitrogen and oxygen atoms in total. The molecule has 0 saturated carbocycles. The molecule has 0 aliphatic rings. The van der Waals surface area contributed by atoms with Crippen LogP contribution in [0.1, 0.15) is 22.3 Å². The van der Waals surface area contributed by atoms with Gasteiger partial charge in [0.15, 0.2) is 0 Å². The van der Waals surface area contributed by atoms with Crippen molar-refractivity contribution in [3.8, 4) is 0 Å². The van der Waals surface area contributed by atoms with Crippen LogP contribution in [-0.2, 0) is 0 Å². The van der Waals surface area contributed by atoms with Crippen LogP contribution in [0.3, 0.4) is 0 Å². The minimum atomic E-state index is 1.15. The van der Waals surface area contributed by atoms with Crippen LogP contribution in [0.25, 0.3) is 24.3 Å². The Morgan fingerprint density at radius 2 is 0.625 bits per heavy atom. The predicted molar refractivity (Wildman–Crippen MR) is 140 cm³/mol. The average molecular weight is 411 g/mol. The van der Waals surface area contributed by atoms with Crippen LogP contribution >= 0.6 is 0 Å². The third-order valence-electron chi connectivity index (χ3n) is 5.09. The first-order valence-electron chi connectivity index (χ1n) is 10.9. The number of hydrogen-bond donors (Lipinski definition) is 0. The maximum atomic E-state index is 2.24. The second-order valence-electron chi connectivity index (χ2n) is 7.51. The SMILES string of the molecule is C(=Cc1ccccc1)C(=Cc1ccccc1)C(C=Cc1ccccc1)=Cc1ccccc1. The molecule has 0 aromatic heterocycles. The lowest BCUT2D eigenvalue weighted by molar-refractivity contribution is 1.56. The van der Waals surface area contributed by atoms with Gasteiger partial charge < -0.3 is 0 Å². The van der Waals surface area contributed by atoms with Gasteiger partial charge in [0, 0.05) is 0 Å². The summed E-state index contributed by atoms with van der Waals surface area (Å²) in [6, 6.07) is 41.8. The molecular formula is C32H26. The van der Waals surface area contributed by atoms with E-state index < -0.39 is 0 Å². The first-order chi connectivity index (χ1) is 15.9. The number of rotatable bonds is 7. The van der Waals surface area contributed by atoms with Gasteiger partial charge in [-0.2, -0.15) is 0 Å². The highest BCUT2D eigenvalue weighted by atomic mass is 14.1. The van der Waals surface area contributed by atoms with E-state index >= 15 is 0 Å². The molecule has 0 unspecified atom stereocenters. The molecular weight excluding hydrogens is 384 g/mol. The van der Waals surface area contributed by atoms with Crippen molar-refractivity contribution in [1.82, 2.24) is 0 Å². The Kier molecular flexibility index (Phi) is 7.44. The van der Waals surface area contributed by atoms with Crippen LogP contribution in [0.2, 0.25) is 0 Å². The molecule has 4 aromatic rings. The highest BCUT2D eigenvalue weighted by Gasteiger charge is 2.02. The summed E-state index contributed by atoms with van der Waals surface area (Å²) in [6.07, 6.45) is 13.2. The third kappa shape index (κ3) is 6.42. The highest BCUT2D eigenvalue weighted by Crippen LogP contribution is 2.23. The Morgan fingerprint density at radius 3 is 0.938 bits per heavy atom. The Hall–Kier alpha value is -4.16. The van der Waals surface area contributed by atoms with E-state index in [9.17, 15) is 0 Å². The Bertz CT molecular complexity index is 1110. The van der Waals surface area contributed by atoms with Gasteiger partial charge in [-0.15, -0.1) is 0 Å². The van der Waals surface area contributed by atoms with Crippen LogP contribution in [0.4, 0.5) is 0 Å². The van der Waals surface area contributed by atoms with E-state index in [0.29, 0.717) is 0 Å². The molecule has 154 valence electrons. The number of benzene rings is 4. The van der Waals surface area contributed by atoms with Gasteiger partial charge in [-0.05, 0) is 45.6 Å².